The number of rotatable bonds is 9. The molecule has 33 heavy (non-hydrogen) atoms. The first-order valence-corrected chi connectivity index (χ1v) is 13.4. The van der Waals surface area contributed by atoms with Crippen LogP contribution in [0.15, 0.2) is 46.0 Å². The molecule has 2 heterocycles. The van der Waals surface area contributed by atoms with Crippen molar-refractivity contribution in [3.63, 3.8) is 0 Å². The number of carbonyl (C=O) groups is 2. The highest BCUT2D eigenvalue weighted by Gasteiger charge is 2.34. The van der Waals surface area contributed by atoms with Crippen LogP contribution in [0.1, 0.15) is 33.6 Å². The molecule has 1 saturated heterocycles. The minimum absolute atomic E-state index is 0.0614. The zero-order valence-electron chi connectivity index (χ0n) is 19.2. The second-order valence-corrected chi connectivity index (χ2v) is 11.3. The van der Waals surface area contributed by atoms with Gasteiger partial charge in [-0.15, -0.1) is 11.3 Å². The van der Waals surface area contributed by atoms with Gasteiger partial charge in [0.1, 0.15) is 4.21 Å². The van der Waals surface area contributed by atoms with Gasteiger partial charge >= 0.3 is 5.97 Å². The molecule has 1 unspecified atom stereocenters. The van der Waals surface area contributed by atoms with Crippen LogP contribution in [0.25, 0.3) is 0 Å². The Morgan fingerprint density at radius 3 is 2.58 bits per heavy atom. The molecular formula is C23H31N3O5S2. The second-order valence-electron chi connectivity index (χ2n) is 8.22. The van der Waals surface area contributed by atoms with Crippen LogP contribution in [-0.2, 0) is 24.3 Å². The van der Waals surface area contributed by atoms with Gasteiger partial charge in [-0.3, -0.25) is 9.59 Å². The Morgan fingerprint density at radius 2 is 1.97 bits per heavy atom. The molecule has 1 aromatic carbocycles. The number of sulfonamides is 1. The minimum Gasteiger partial charge on any atom is -0.455 e. The number of carbonyl (C=O) groups excluding carboxylic acids is 2. The maximum absolute atomic E-state index is 12.7. The third-order valence-electron chi connectivity index (χ3n) is 5.60. The molecule has 0 saturated carbocycles. The lowest BCUT2D eigenvalue weighted by Gasteiger charge is -2.30. The fourth-order valence-corrected chi connectivity index (χ4v) is 6.59. The van der Waals surface area contributed by atoms with Crippen molar-refractivity contribution < 1.29 is 22.7 Å². The van der Waals surface area contributed by atoms with Crippen molar-refractivity contribution in [1.29, 1.82) is 0 Å². The average Bonchev–Trinajstić information content (AvgIpc) is 3.35. The lowest BCUT2D eigenvalue weighted by molar-refractivity contribution is -0.152. The summed E-state index contributed by atoms with van der Waals surface area (Å²) in [6.07, 6.45) is 1.09. The number of anilines is 2. The largest absolute Gasteiger partial charge is 0.455 e. The van der Waals surface area contributed by atoms with Gasteiger partial charge in [0, 0.05) is 37.1 Å². The molecule has 0 aliphatic carbocycles. The summed E-state index contributed by atoms with van der Waals surface area (Å²) in [7, 11) is -3.61. The van der Waals surface area contributed by atoms with Crippen molar-refractivity contribution >= 4 is 44.6 Å². The van der Waals surface area contributed by atoms with Gasteiger partial charge in [-0.2, -0.15) is 4.31 Å². The van der Waals surface area contributed by atoms with E-state index in [0.29, 0.717) is 31.1 Å². The molecule has 1 aliphatic rings. The topological polar surface area (TPSA) is 96.0 Å². The highest BCUT2D eigenvalue weighted by atomic mass is 32.2. The molecular weight excluding hydrogens is 462 g/mol. The predicted molar refractivity (Wildman–Crippen MR) is 130 cm³/mol. The summed E-state index contributed by atoms with van der Waals surface area (Å²) in [6, 6.07) is 11.1. The molecule has 2 aromatic rings. The minimum atomic E-state index is -3.61. The summed E-state index contributed by atoms with van der Waals surface area (Å²) in [5, 5.41) is 4.43. The number of esters is 1. The second kappa shape index (κ2) is 11.1. The van der Waals surface area contributed by atoms with Crippen LogP contribution in [-0.4, -0.2) is 56.9 Å². The van der Waals surface area contributed by atoms with Crippen molar-refractivity contribution in [3.8, 4) is 0 Å². The zero-order valence-corrected chi connectivity index (χ0v) is 20.8. The number of hydrogen-bond acceptors (Lipinski definition) is 7. The summed E-state index contributed by atoms with van der Waals surface area (Å²) in [5.41, 5.74) is 1.68. The fourth-order valence-electron chi connectivity index (χ4n) is 3.92. The number of ether oxygens (including phenoxy) is 1. The van der Waals surface area contributed by atoms with Gasteiger partial charge in [0.15, 0.2) is 6.61 Å². The third kappa shape index (κ3) is 6.33. The summed E-state index contributed by atoms with van der Waals surface area (Å²) in [5.74, 6) is -1.58. The van der Waals surface area contributed by atoms with Gasteiger partial charge in [0.2, 0.25) is 0 Å². The van der Waals surface area contributed by atoms with E-state index >= 15 is 0 Å². The highest BCUT2D eigenvalue weighted by Crippen LogP contribution is 2.27. The quantitative estimate of drug-likeness (QED) is 0.537. The van der Waals surface area contributed by atoms with Gasteiger partial charge < -0.3 is 15.0 Å². The van der Waals surface area contributed by atoms with Crippen molar-refractivity contribution in [3.05, 3.63) is 41.8 Å². The third-order valence-corrected chi connectivity index (χ3v) is 8.84. The van der Waals surface area contributed by atoms with Crippen molar-refractivity contribution in [1.82, 2.24) is 4.31 Å². The lowest BCUT2D eigenvalue weighted by Crippen LogP contribution is -2.42. The van der Waals surface area contributed by atoms with E-state index in [1.807, 2.05) is 24.3 Å². The highest BCUT2D eigenvalue weighted by molar-refractivity contribution is 7.91. The van der Waals surface area contributed by atoms with Gasteiger partial charge in [0.05, 0.1) is 5.92 Å². The normalized spacial score (nSPS) is 17.0. The van der Waals surface area contributed by atoms with Crippen LogP contribution < -0.4 is 10.2 Å². The van der Waals surface area contributed by atoms with Crippen molar-refractivity contribution in [2.24, 2.45) is 5.92 Å². The van der Waals surface area contributed by atoms with E-state index in [1.54, 1.807) is 17.5 Å². The summed E-state index contributed by atoms with van der Waals surface area (Å²) >= 11 is 1.15. The first-order chi connectivity index (χ1) is 15.7. The number of piperidine rings is 1. The van der Waals surface area contributed by atoms with Crippen LogP contribution in [0.3, 0.4) is 0 Å². The van der Waals surface area contributed by atoms with E-state index in [-0.39, 0.29) is 10.8 Å². The summed E-state index contributed by atoms with van der Waals surface area (Å²) < 4.78 is 32.2. The molecule has 8 nitrogen and oxygen atoms in total. The maximum atomic E-state index is 12.7. The molecule has 1 aliphatic heterocycles. The fraction of sp³-hybridized carbons (Fsp3) is 0.478. The molecule has 0 radical (unpaired) electrons. The van der Waals surface area contributed by atoms with E-state index in [1.165, 1.54) is 4.31 Å². The average molecular weight is 494 g/mol. The number of nitrogens with zero attached hydrogens (tertiary/aromatic N) is 2. The number of hydrogen-bond donors (Lipinski definition) is 1. The Bertz CT molecular complexity index is 1040. The van der Waals surface area contributed by atoms with Gasteiger partial charge in [0.25, 0.3) is 15.9 Å². The Balaban J connectivity index is 1.50. The van der Waals surface area contributed by atoms with Gasteiger partial charge in [-0.05, 0) is 69.3 Å². The van der Waals surface area contributed by atoms with Crippen LogP contribution in [0, 0.1) is 5.92 Å². The number of thiophene rings is 1. The Kier molecular flexibility index (Phi) is 8.50. The van der Waals surface area contributed by atoms with E-state index in [0.717, 1.165) is 23.6 Å². The van der Waals surface area contributed by atoms with Gasteiger partial charge in [-0.25, -0.2) is 8.42 Å². The summed E-state index contributed by atoms with van der Waals surface area (Å²) in [6.45, 7) is 7.23. The predicted octanol–water partition coefficient (Wildman–Crippen LogP) is 3.57. The molecule has 0 spiro atoms. The molecule has 1 amide bonds. The number of nitrogens with one attached hydrogen (secondary N) is 1. The standard InChI is InChI=1S/C23H31N3O5S2/c1-4-26(17(2)3)20-11-9-19(10-12-20)24-21(27)16-31-23(28)18-7-5-13-25(15-18)33(29,30)22-8-6-14-32-22/h6,8-12,14,17-18H,4-5,7,13,15-16H2,1-3H3,(H,24,27). The van der Waals surface area contributed by atoms with E-state index in [4.69, 9.17) is 4.74 Å². The van der Waals surface area contributed by atoms with E-state index in [2.05, 4.69) is 31.0 Å². The van der Waals surface area contributed by atoms with Crippen LogP contribution >= 0.6 is 11.3 Å². The van der Waals surface area contributed by atoms with E-state index < -0.39 is 34.4 Å². The molecule has 0 bridgehead atoms. The van der Waals surface area contributed by atoms with Crippen molar-refractivity contribution in [2.75, 3.05) is 36.5 Å². The van der Waals surface area contributed by atoms with E-state index in [9.17, 15) is 18.0 Å². The van der Waals surface area contributed by atoms with Crippen LogP contribution in [0.5, 0.6) is 0 Å². The monoisotopic (exact) mass is 493 g/mol. The molecule has 1 fully saturated rings. The Labute approximate surface area is 199 Å². The SMILES string of the molecule is CCN(c1ccc(NC(=O)COC(=O)C2CCCN(S(=O)(=O)c3cccs3)C2)cc1)C(C)C. The molecule has 1 aromatic heterocycles. The summed E-state index contributed by atoms with van der Waals surface area (Å²) in [4.78, 5) is 27.0. The van der Waals surface area contributed by atoms with Crippen LogP contribution in [0.2, 0.25) is 0 Å². The first-order valence-electron chi connectivity index (χ1n) is 11.1. The van der Waals surface area contributed by atoms with Crippen LogP contribution in [0.4, 0.5) is 11.4 Å². The Morgan fingerprint density at radius 1 is 1.24 bits per heavy atom. The van der Waals surface area contributed by atoms with Gasteiger partial charge in [-0.1, -0.05) is 6.07 Å². The number of amides is 1. The zero-order chi connectivity index (χ0) is 24.0. The number of benzene rings is 1. The first kappa shape index (κ1) is 25.2. The molecule has 10 heteroatoms. The smallest absolute Gasteiger partial charge is 0.310 e. The molecule has 3 rings (SSSR count). The molecule has 1 N–H and O–H groups in total. The molecule has 180 valence electrons. The lowest BCUT2D eigenvalue weighted by atomic mass is 10.00. The molecule has 1 atom stereocenters. The van der Waals surface area contributed by atoms with Crippen molar-refractivity contribution in [2.45, 2.75) is 43.9 Å². The maximum Gasteiger partial charge on any atom is 0.310 e. The Hall–Kier alpha value is -2.43.